The molecular weight excluding hydrogens is 254 g/mol. The number of carbonyl (C=O) groups is 1. The number of nitrogen functional groups attached to an aromatic ring is 1. The summed E-state index contributed by atoms with van der Waals surface area (Å²) in [5.74, 6) is -2.21. The van der Waals surface area contributed by atoms with Crippen LogP contribution in [0.3, 0.4) is 0 Å². The molecule has 0 aliphatic rings. The lowest BCUT2D eigenvalue weighted by Gasteiger charge is -2.09. The van der Waals surface area contributed by atoms with Gasteiger partial charge in [-0.15, -0.1) is 0 Å². The van der Waals surface area contributed by atoms with Crippen LogP contribution >= 0.6 is 0 Å². The first-order valence-corrected chi connectivity index (χ1v) is 5.29. The van der Waals surface area contributed by atoms with Crippen LogP contribution in [0.5, 0.6) is 11.5 Å². The molecule has 0 radical (unpaired) electrons. The van der Waals surface area contributed by atoms with E-state index in [1.165, 1.54) is 18.2 Å². The van der Waals surface area contributed by atoms with Crippen LogP contribution in [-0.2, 0) is 0 Å². The highest BCUT2D eigenvalue weighted by Crippen LogP contribution is 2.30. The van der Waals surface area contributed by atoms with Crippen LogP contribution < -0.4 is 16.2 Å². The molecule has 0 heterocycles. The van der Waals surface area contributed by atoms with Crippen molar-refractivity contribution < 1.29 is 18.3 Å². The van der Waals surface area contributed by atoms with Gasteiger partial charge < -0.3 is 16.2 Å². The summed E-state index contributed by atoms with van der Waals surface area (Å²) in [5.41, 5.74) is 11.1. The number of benzene rings is 2. The van der Waals surface area contributed by atoms with Crippen LogP contribution in [0, 0.1) is 11.6 Å². The molecule has 0 fully saturated rings. The largest absolute Gasteiger partial charge is 0.452 e. The zero-order valence-corrected chi connectivity index (χ0v) is 9.69. The van der Waals surface area contributed by atoms with Gasteiger partial charge in [0.05, 0.1) is 5.69 Å². The van der Waals surface area contributed by atoms with Crippen molar-refractivity contribution in [2.75, 3.05) is 5.73 Å². The molecule has 0 saturated carbocycles. The standard InChI is InChI=1S/C13H10F2N2O2/c14-8-2-4-11(9(15)6-8)19-12-3-1-7(13(17)18)5-10(12)16/h1-6H,16H2,(H2,17,18). The lowest BCUT2D eigenvalue weighted by atomic mass is 10.2. The fourth-order valence-electron chi connectivity index (χ4n) is 1.47. The van der Waals surface area contributed by atoms with E-state index in [1.54, 1.807) is 0 Å². The predicted molar refractivity (Wildman–Crippen MR) is 65.8 cm³/mol. The maximum atomic E-state index is 13.4. The van der Waals surface area contributed by atoms with Gasteiger partial charge >= 0.3 is 0 Å². The van der Waals surface area contributed by atoms with E-state index in [9.17, 15) is 13.6 Å². The number of rotatable bonds is 3. The van der Waals surface area contributed by atoms with Crippen LogP contribution in [0.15, 0.2) is 36.4 Å². The second kappa shape index (κ2) is 4.93. The van der Waals surface area contributed by atoms with Gasteiger partial charge in [-0.1, -0.05) is 0 Å². The number of ether oxygens (including phenoxy) is 1. The zero-order chi connectivity index (χ0) is 14.0. The molecule has 19 heavy (non-hydrogen) atoms. The highest BCUT2D eigenvalue weighted by molar-refractivity contribution is 5.94. The molecule has 0 bridgehead atoms. The molecule has 1 amide bonds. The highest BCUT2D eigenvalue weighted by Gasteiger charge is 2.10. The van der Waals surface area contributed by atoms with E-state index in [2.05, 4.69) is 0 Å². The normalized spacial score (nSPS) is 10.2. The fraction of sp³-hybridized carbons (Fsp3) is 0. The Morgan fingerprint density at radius 3 is 2.32 bits per heavy atom. The Morgan fingerprint density at radius 2 is 1.74 bits per heavy atom. The quantitative estimate of drug-likeness (QED) is 0.836. The third-order valence-electron chi connectivity index (χ3n) is 2.41. The van der Waals surface area contributed by atoms with Crippen molar-refractivity contribution in [1.82, 2.24) is 0 Å². The highest BCUT2D eigenvalue weighted by atomic mass is 19.1. The van der Waals surface area contributed by atoms with E-state index >= 15 is 0 Å². The van der Waals surface area contributed by atoms with Gasteiger partial charge in [-0.3, -0.25) is 4.79 Å². The molecule has 98 valence electrons. The molecule has 2 aromatic rings. The molecular formula is C13H10F2N2O2. The number of nitrogens with two attached hydrogens (primary N) is 2. The Balaban J connectivity index is 2.31. The van der Waals surface area contributed by atoms with Crippen molar-refractivity contribution in [3.8, 4) is 11.5 Å². The Bertz CT molecular complexity index is 645. The number of amides is 1. The summed E-state index contributed by atoms with van der Waals surface area (Å²) in [4.78, 5) is 10.9. The van der Waals surface area contributed by atoms with E-state index in [1.807, 2.05) is 0 Å². The summed E-state index contributed by atoms with van der Waals surface area (Å²) in [5, 5.41) is 0. The van der Waals surface area contributed by atoms with Gasteiger partial charge in [-0.2, -0.15) is 0 Å². The number of hydrogen-bond donors (Lipinski definition) is 2. The van der Waals surface area contributed by atoms with Gasteiger partial charge in [0.1, 0.15) is 5.82 Å². The summed E-state index contributed by atoms with van der Waals surface area (Å²) < 4.78 is 31.3. The molecule has 0 spiro atoms. The minimum absolute atomic E-state index is 0.125. The first-order chi connectivity index (χ1) is 8.97. The van der Waals surface area contributed by atoms with Gasteiger partial charge in [-0.25, -0.2) is 8.78 Å². The van der Waals surface area contributed by atoms with Crippen LogP contribution in [0.1, 0.15) is 10.4 Å². The monoisotopic (exact) mass is 264 g/mol. The summed E-state index contributed by atoms with van der Waals surface area (Å²) in [6, 6.07) is 7.01. The van der Waals surface area contributed by atoms with Gasteiger partial charge in [0.25, 0.3) is 0 Å². The Hall–Kier alpha value is -2.63. The number of halogens is 2. The van der Waals surface area contributed by atoms with Gasteiger partial charge in [-0.05, 0) is 30.3 Å². The lowest BCUT2D eigenvalue weighted by molar-refractivity contribution is 0.100. The van der Waals surface area contributed by atoms with E-state index < -0.39 is 17.5 Å². The first-order valence-electron chi connectivity index (χ1n) is 5.29. The minimum Gasteiger partial charge on any atom is -0.452 e. The van der Waals surface area contributed by atoms with Crippen LogP contribution in [0.4, 0.5) is 14.5 Å². The summed E-state index contributed by atoms with van der Waals surface area (Å²) in [7, 11) is 0. The molecule has 0 aliphatic heterocycles. The van der Waals surface area contributed by atoms with Crippen LogP contribution in [0.25, 0.3) is 0 Å². The molecule has 4 N–H and O–H groups in total. The van der Waals surface area contributed by atoms with E-state index in [0.29, 0.717) is 6.07 Å². The number of primary amides is 1. The number of anilines is 1. The van der Waals surface area contributed by atoms with Crippen molar-refractivity contribution in [3.63, 3.8) is 0 Å². The van der Waals surface area contributed by atoms with E-state index in [0.717, 1.165) is 12.1 Å². The number of carbonyl (C=O) groups excluding carboxylic acids is 1. The molecule has 2 aromatic carbocycles. The second-order valence-electron chi connectivity index (χ2n) is 3.79. The molecule has 0 atom stereocenters. The number of hydrogen-bond acceptors (Lipinski definition) is 3. The molecule has 0 aromatic heterocycles. The van der Waals surface area contributed by atoms with Crippen LogP contribution in [-0.4, -0.2) is 5.91 Å². The molecule has 6 heteroatoms. The summed E-state index contributed by atoms with van der Waals surface area (Å²) in [6.45, 7) is 0. The Morgan fingerprint density at radius 1 is 1.05 bits per heavy atom. The van der Waals surface area contributed by atoms with Crippen molar-refractivity contribution >= 4 is 11.6 Å². The smallest absolute Gasteiger partial charge is 0.248 e. The average molecular weight is 264 g/mol. The zero-order valence-electron chi connectivity index (χ0n) is 9.69. The van der Waals surface area contributed by atoms with Crippen molar-refractivity contribution in [2.45, 2.75) is 0 Å². The van der Waals surface area contributed by atoms with E-state index in [4.69, 9.17) is 16.2 Å². The van der Waals surface area contributed by atoms with Crippen LogP contribution in [0.2, 0.25) is 0 Å². The average Bonchev–Trinajstić information content (AvgIpc) is 2.34. The second-order valence-corrected chi connectivity index (χ2v) is 3.79. The summed E-state index contributed by atoms with van der Waals surface area (Å²) in [6.07, 6.45) is 0. The third kappa shape index (κ3) is 2.79. The molecule has 0 aliphatic carbocycles. The maximum Gasteiger partial charge on any atom is 0.248 e. The molecule has 2 rings (SSSR count). The van der Waals surface area contributed by atoms with Crippen molar-refractivity contribution in [2.24, 2.45) is 5.73 Å². The van der Waals surface area contributed by atoms with Crippen molar-refractivity contribution in [3.05, 3.63) is 53.6 Å². The molecule has 0 unspecified atom stereocenters. The summed E-state index contributed by atoms with van der Waals surface area (Å²) >= 11 is 0. The van der Waals surface area contributed by atoms with Gasteiger partial charge in [0.15, 0.2) is 17.3 Å². The minimum atomic E-state index is -0.849. The van der Waals surface area contributed by atoms with Crippen molar-refractivity contribution in [1.29, 1.82) is 0 Å². The fourth-order valence-corrected chi connectivity index (χ4v) is 1.47. The third-order valence-corrected chi connectivity index (χ3v) is 2.41. The van der Waals surface area contributed by atoms with Gasteiger partial charge in [0, 0.05) is 11.6 Å². The molecule has 4 nitrogen and oxygen atoms in total. The topological polar surface area (TPSA) is 78.3 Å². The van der Waals surface area contributed by atoms with E-state index in [-0.39, 0.29) is 22.7 Å². The Kier molecular flexibility index (Phi) is 3.33. The Labute approximate surface area is 107 Å². The molecule has 0 saturated heterocycles. The lowest BCUT2D eigenvalue weighted by Crippen LogP contribution is -2.11. The first kappa shape index (κ1) is 12.8. The van der Waals surface area contributed by atoms with Gasteiger partial charge in [0.2, 0.25) is 5.91 Å². The maximum absolute atomic E-state index is 13.4. The SMILES string of the molecule is NC(=O)c1ccc(Oc2ccc(F)cc2F)c(N)c1. The predicted octanol–water partition coefficient (Wildman–Crippen LogP) is 2.44.